The predicted octanol–water partition coefficient (Wildman–Crippen LogP) is 3.94. The highest BCUT2D eigenvalue weighted by molar-refractivity contribution is 6.09. The van der Waals surface area contributed by atoms with Gasteiger partial charge in [0.05, 0.1) is 12.8 Å². The normalized spacial score (nSPS) is 16.2. The summed E-state index contributed by atoms with van der Waals surface area (Å²) in [7, 11) is 1.55. The van der Waals surface area contributed by atoms with Gasteiger partial charge >= 0.3 is 0 Å². The Balaban J connectivity index is 1.32. The molecule has 0 radical (unpaired) electrons. The first-order valence-electron chi connectivity index (χ1n) is 13.0. The summed E-state index contributed by atoms with van der Waals surface area (Å²) in [5, 5.41) is 2.83. The number of amides is 3. The standard InChI is InChI=1S/C30H31FN4O5/c1-30(2)29(38)35(19-27(36)34-15-13-33(14-16-34)23-10-8-21(31)9-11-23)25-17-20(7-12-26(25)40-30)28(37)32-22-5-4-6-24(18-22)39-3/h4-12,17-18H,13-16,19H2,1-3H3,(H,32,37). The highest BCUT2D eigenvalue weighted by Gasteiger charge is 2.42. The minimum absolute atomic E-state index is 0.184. The molecule has 9 nitrogen and oxygen atoms in total. The van der Waals surface area contributed by atoms with Crippen LogP contribution in [0.1, 0.15) is 24.2 Å². The van der Waals surface area contributed by atoms with Crippen LogP contribution in [0, 0.1) is 5.82 Å². The third kappa shape index (κ3) is 5.56. The molecule has 0 saturated carbocycles. The maximum Gasteiger partial charge on any atom is 0.271 e. The van der Waals surface area contributed by atoms with Crippen LogP contribution in [-0.2, 0) is 9.59 Å². The van der Waals surface area contributed by atoms with E-state index in [2.05, 4.69) is 10.2 Å². The molecule has 5 rings (SSSR count). The molecule has 0 aromatic heterocycles. The third-order valence-electron chi connectivity index (χ3n) is 7.08. The van der Waals surface area contributed by atoms with Crippen LogP contribution in [-0.4, -0.2) is 68.1 Å². The summed E-state index contributed by atoms with van der Waals surface area (Å²) in [4.78, 5) is 45.0. The van der Waals surface area contributed by atoms with Gasteiger partial charge in [0, 0.05) is 49.2 Å². The first-order valence-corrected chi connectivity index (χ1v) is 13.0. The molecule has 0 unspecified atom stereocenters. The minimum atomic E-state index is -1.18. The van der Waals surface area contributed by atoms with Gasteiger partial charge in [0.25, 0.3) is 11.8 Å². The number of hydrogen-bond donors (Lipinski definition) is 1. The maximum atomic E-state index is 13.4. The molecule has 0 bridgehead atoms. The van der Waals surface area contributed by atoms with Gasteiger partial charge in [-0.2, -0.15) is 0 Å². The summed E-state index contributed by atoms with van der Waals surface area (Å²) in [6.07, 6.45) is 0. The largest absolute Gasteiger partial charge is 0.497 e. The van der Waals surface area contributed by atoms with E-state index in [1.165, 1.54) is 17.0 Å². The summed E-state index contributed by atoms with van der Waals surface area (Å²) in [5.74, 6) is -0.233. The Labute approximate surface area is 232 Å². The number of anilines is 3. The van der Waals surface area contributed by atoms with Crippen LogP contribution in [0.25, 0.3) is 0 Å². The predicted molar refractivity (Wildman–Crippen MR) is 150 cm³/mol. The SMILES string of the molecule is COc1cccc(NC(=O)c2ccc3c(c2)N(CC(=O)N2CCN(c4ccc(F)cc4)CC2)C(=O)C(C)(C)O3)c1. The van der Waals surface area contributed by atoms with E-state index in [0.29, 0.717) is 54.6 Å². The number of hydrogen-bond acceptors (Lipinski definition) is 6. The highest BCUT2D eigenvalue weighted by atomic mass is 19.1. The number of nitrogens with zero attached hydrogens (tertiary/aromatic N) is 3. The summed E-state index contributed by atoms with van der Waals surface area (Å²) in [6.45, 7) is 5.23. The van der Waals surface area contributed by atoms with E-state index in [0.717, 1.165) is 5.69 Å². The zero-order chi connectivity index (χ0) is 28.4. The van der Waals surface area contributed by atoms with Gasteiger partial charge in [-0.3, -0.25) is 19.3 Å². The quantitative estimate of drug-likeness (QED) is 0.504. The van der Waals surface area contributed by atoms with E-state index in [9.17, 15) is 18.8 Å². The molecule has 0 aliphatic carbocycles. The molecule has 2 heterocycles. The molecule has 10 heteroatoms. The molecule has 1 N–H and O–H groups in total. The number of fused-ring (bicyclic) bond motifs is 1. The van der Waals surface area contributed by atoms with Crippen LogP contribution in [0.4, 0.5) is 21.5 Å². The molecule has 3 aromatic rings. The molecular formula is C30H31FN4O5. The maximum absolute atomic E-state index is 13.4. The molecule has 1 saturated heterocycles. The van der Waals surface area contributed by atoms with Crippen molar-refractivity contribution in [1.82, 2.24) is 4.90 Å². The second-order valence-corrected chi connectivity index (χ2v) is 10.2. The van der Waals surface area contributed by atoms with Crippen LogP contribution in [0.5, 0.6) is 11.5 Å². The fourth-order valence-corrected chi connectivity index (χ4v) is 4.87. The Bertz CT molecular complexity index is 1430. The highest BCUT2D eigenvalue weighted by Crippen LogP contribution is 2.38. The third-order valence-corrected chi connectivity index (χ3v) is 7.08. The number of benzene rings is 3. The molecule has 0 spiro atoms. The summed E-state index contributed by atoms with van der Waals surface area (Å²) in [5.41, 5.74) is 0.942. The molecule has 2 aliphatic heterocycles. The second-order valence-electron chi connectivity index (χ2n) is 10.2. The average molecular weight is 547 g/mol. The Morgan fingerprint density at radius 2 is 1.73 bits per heavy atom. The van der Waals surface area contributed by atoms with Crippen LogP contribution in [0.2, 0.25) is 0 Å². The van der Waals surface area contributed by atoms with Crippen molar-refractivity contribution in [2.45, 2.75) is 19.4 Å². The van der Waals surface area contributed by atoms with E-state index >= 15 is 0 Å². The fraction of sp³-hybridized carbons (Fsp3) is 0.300. The van der Waals surface area contributed by atoms with Crippen LogP contribution < -0.4 is 24.6 Å². The number of carbonyl (C=O) groups excluding carboxylic acids is 3. The lowest BCUT2D eigenvalue weighted by Gasteiger charge is -2.40. The number of halogens is 1. The molecule has 3 amide bonds. The Morgan fingerprint density at radius 1 is 1.00 bits per heavy atom. The van der Waals surface area contributed by atoms with E-state index in [4.69, 9.17) is 9.47 Å². The van der Waals surface area contributed by atoms with E-state index < -0.39 is 5.60 Å². The van der Waals surface area contributed by atoms with Gasteiger partial charge in [0.15, 0.2) is 5.60 Å². The van der Waals surface area contributed by atoms with Crippen molar-refractivity contribution in [2.75, 3.05) is 55.0 Å². The molecule has 208 valence electrons. The van der Waals surface area contributed by atoms with Crippen molar-refractivity contribution in [3.63, 3.8) is 0 Å². The molecule has 2 aliphatic rings. The zero-order valence-electron chi connectivity index (χ0n) is 22.6. The fourth-order valence-electron chi connectivity index (χ4n) is 4.87. The minimum Gasteiger partial charge on any atom is -0.497 e. The van der Waals surface area contributed by atoms with E-state index in [1.807, 2.05) is 0 Å². The summed E-state index contributed by atoms with van der Waals surface area (Å²) >= 11 is 0. The van der Waals surface area contributed by atoms with Gasteiger partial charge < -0.3 is 24.6 Å². The smallest absolute Gasteiger partial charge is 0.271 e. The van der Waals surface area contributed by atoms with Gasteiger partial charge in [-0.05, 0) is 68.4 Å². The lowest BCUT2D eigenvalue weighted by atomic mass is 10.0. The summed E-state index contributed by atoms with van der Waals surface area (Å²) in [6, 6.07) is 18.1. The van der Waals surface area contributed by atoms with Crippen LogP contribution in [0.15, 0.2) is 66.7 Å². The van der Waals surface area contributed by atoms with Crippen LogP contribution in [0.3, 0.4) is 0 Å². The molecule has 40 heavy (non-hydrogen) atoms. The monoisotopic (exact) mass is 546 g/mol. The first kappa shape index (κ1) is 27.0. The van der Waals surface area contributed by atoms with Crippen molar-refractivity contribution in [3.05, 3.63) is 78.1 Å². The Morgan fingerprint density at radius 3 is 2.42 bits per heavy atom. The van der Waals surface area contributed by atoms with Gasteiger partial charge in [-0.15, -0.1) is 0 Å². The van der Waals surface area contributed by atoms with E-state index in [1.54, 1.807) is 80.5 Å². The van der Waals surface area contributed by atoms with Crippen molar-refractivity contribution in [2.24, 2.45) is 0 Å². The average Bonchev–Trinajstić information content (AvgIpc) is 2.95. The lowest BCUT2D eigenvalue weighted by molar-refractivity contribution is -0.136. The van der Waals surface area contributed by atoms with Crippen molar-refractivity contribution in [1.29, 1.82) is 0 Å². The van der Waals surface area contributed by atoms with Gasteiger partial charge in [-0.1, -0.05) is 6.07 Å². The lowest BCUT2D eigenvalue weighted by Crippen LogP contribution is -2.57. The molecule has 3 aromatic carbocycles. The number of rotatable bonds is 6. The zero-order valence-corrected chi connectivity index (χ0v) is 22.6. The molecular weight excluding hydrogens is 515 g/mol. The van der Waals surface area contributed by atoms with Crippen molar-refractivity contribution in [3.8, 4) is 11.5 Å². The number of ether oxygens (including phenoxy) is 2. The molecule has 0 atom stereocenters. The number of nitrogens with one attached hydrogen (secondary N) is 1. The van der Waals surface area contributed by atoms with Crippen molar-refractivity contribution < 1.29 is 28.2 Å². The second kappa shape index (κ2) is 10.9. The first-order chi connectivity index (χ1) is 19.1. The van der Waals surface area contributed by atoms with Gasteiger partial charge in [0.1, 0.15) is 23.9 Å². The van der Waals surface area contributed by atoms with Gasteiger partial charge in [0.2, 0.25) is 5.91 Å². The number of methoxy groups -OCH3 is 1. The van der Waals surface area contributed by atoms with E-state index in [-0.39, 0.29) is 30.1 Å². The van der Waals surface area contributed by atoms with Crippen LogP contribution >= 0.6 is 0 Å². The summed E-state index contributed by atoms with van der Waals surface area (Å²) < 4.78 is 24.5. The Hall–Kier alpha value is -4.60. The number of piperazine rings is 1. The van der Waals surface area contributed by atoms with Gasteiger partial charge in [-0.25, -0.2) is 4.39 Å². The topological polar surface area (TPSA) is 91.4 Å². The molecule has 1 fully saturated rings. The van der Waals surface area contributed by atoms with Crippen molar-refractivity contribution >= 4 is 34.8 Å². The Kier molecular flexibility index (Phi) is 7.34. The number of carbonyl (C=O) groups is 3.